The minimum Gasteiger partial charge on any atom is -0.507 e. The van der Waals surface area contributed by atoms with Crippen LogP contribution in [0.2, 0.25) is 0 Å². The van der Waals surface area contributed by atoms with Gasteiger partial charge in [0.2, 0.25) is 0 Å². The van der Waals surface area contributed by atoms with E-state index in [1.807, 2.05) is 30.3 Å². The van der Waals surface area contributed by atoms with Crippen molar-refractivity contribution >= 4 is 11.0 Å². The van der Waals surface area contributed by atoms with E-state index < -0.39 is 0 Å². The molecule has 0 aliphatic carbocycles. The summed E-state index contributed by atoms with van der Waals surface area (Å²) in [7, 11) is 0. The zero-order chi connectivity index (χ0) is 17.4. The van der Waals surface area contributed by atoms with Gasteiger partial charge in [0.15, 0.2) is 11.0 Å². The summed E-state index contributed by atoms with van der Waals surface area (Å²) in [5.74, 6) is 0.0957. The topological polar surface area (TPSA) is 82.7 Å². The van der Waals surface area contributed by atoms with E-state index in [4.69, 9.17) is 4.42 Å². The van der Waals surface area contributed by atoms with Gasteiger partial charge in [0.25, 0.3) is 0 Å². The monoisotopic (exact) mass is 337 g/mol. The van der Waals surface area contributed by atoms with Crippen LogP contribution in [0.25, 0.3) is 22.3 Å². The zero-order valence-corrected chi connectivity index (χ0v) is 13.7. The summed E-state index contributed by atoms with van der Waals surface area (Å²) in [6.07, 6.45) is 2.95. The van der Waals surface area contributed by atoms with Crippen molar-refractivity contribution in [3.63, 3.8) is 0 Å². The Morgan fingerprint density at radius 3 is 2.56 bits per heavy atom. The smallest absolute Gasteiger partial charge is 0.197 e. The molecule has 1 aliphatic heterocycles. The van der Waals surface area contributed by atoms with Gasteiger partial charge in [-0.05, 0) is 19.4 Å². The molecule has 4 rings (SSSR count). The fraction of sp³-hybridized carbons (Fsp3) is 0.250. The van der Waals surface area contributed by atoms with Crippen molar-refractivity contribution in [2.45, 2.75) is 25.3 Å². The molecule has 2 aromatic carbocycles. The van der Waals surface area contributed by atoms with E-state index in [9.17, 15) is 15.0 Å². The summed E-state index contributed by atoms with van der Waals surface area (Å²) < 4.78 is 6.01. The van der Waals surface area contributed by atoms with Gasteiger partial charge in [-0.3, -0.25) is 4.79 Å². The van der Waals surface area contributed by atoms with Crippen molar-refractivity contribution < 1.29 is 14.6 Å². The average Bonchev–Trinajstić information content (AvgIpc) is 2.62. The number of rotatable bonds is 2. The molecule has 5 heteroatoms. The second kappa shape index (κ2) is 6.26. The summed E-state index contributed by atoms with van der Waals surface area (Å²) in [6, 6.07) is 11.8. The molecule has 2 heterocycles. The SMILES string of the molecule is O=c1cc(-c2ccccc2)oc2c([C@@H]3CCCCN3)c(O)cc(O)c12. The molecule has 1 aliphatic rings. The number of fused-ring (bicyclic) bond motifs is 1. The van der Waals surface area contributed by atoms with Crippen LogP contribution in [0.4, 0.5) is 0 Å². The van der Waals surface area contributed by atoms with E-state index in [1.165, 1.54) is 12.1 Å². The molecule has 1 atom stereocenters. The maximum absolute atomic E-state index is 12.6. The highest BCUT2D eigenvalue weighted by atomic mass is 16.3. The predicted molar refractivity (Wildman–Crippen MR) is 95.8 cm³/mol. The number of hydrogen-bond acceptors (Lipinski definition) is 5. The molecule has 0 bridgehead atoms. The summed E-state index contributed by atoms with van der Waals surface area (Å²) >= 11 is 0. The molecule has 0 amide bonds. The second-order valence-corrected chi connectivity index (χ2v) is 6.38. The third-order valence-electron chi connectivity index (χ3n) is 4.71. The van der Waals surface area contributed by atoms with Crippen LogP contribution in [0.5, 0.6) is 11.5 Å². The van der Waals surface area contributed by atoms with E-state index in [0.717, 1.165) is 31.4 Å². The lowest BCUT2D eigenvalue weighted by Crippen LogP contribution is -2.27. The summed E-state index contributed by atoms with van der Waals surface area (Å²) in [6.45, 7) is 0.842. The third-order valence-corrected chi connectivity index (χ3v) is 4.71. The first-order valence-electron chi connectivity index (χ1n) is 8.46. The highest BCUT2D eigenvalue weighted by Crippen LogP contribution is 2.40. The zero-order valence-electron chi connectivity index (χ0n) is 13.7. The fourth-order valence-corrected chi connectivity index (χ4v) is 3.50. The van der Waals surface area contributed by atoms with Gasteiger partial charge in [0.1, 0.15) is 22.6 Å². The first-order valence-corrected chi connectivity index (χ1v) is 8.46. The van der Waals surface area contributed by atoms with E-state index in [-0.39, 0.29) is 33.9 Å². The Morgan fingerprint density at radius 1 is 1.04 bits per heavy atom. The van der Waals surface area contributed by atoms with Crippen LogP contribution in [-0.2, 0) is 0 Å². The summed E-state index contributed by atoms with van der Waals surface area (Å²) in [4.78, 5) is 12.6. The van der Waals surface area contributed by atoms with Crippen LogP contribution in [0, 0.1) is 0 Å². The van der Waals surface area contributed by atoms with Crippen molar-refractivity contribution in [3.05, 3.63) is 58.3 Å². The lowest BCUT2D eigenvalue weighted by atomic mass is 9.94. The number of aromatic hydroxyl groups is 2. The lowest BCUT2D eigenvalue weighted by Gasteiger charge is -2.25. The normalized spacial score (nSPS) is 17.7. The molecular formula is C20H19NO4. The van der Waals surface area contributed by atoms with Crippen molar-refractivity contribution in [2.24, 2.45) is 0 Å². The number of benzene rings is 2. The first kappa shape index (κ1) is 15.7. The van der Waals surface area contributed by atoms with Crippen LogP contribution >= 0.6 is 0 Å². The van der Waals surface area contributed by atoms with Gasteiger partial charge in [-0.15, -0.1) is 0 Å². The Balaban J connectivity index is 2.00. The molecule has 1 saturated heterocycles. The molecule has 3 aromatic rings. The number of hydrogen-bond donors (Lipinski definition) is 3. The highest BCUT2D eigenvalue weighted by molar-refractivity contribution is 5.89. The predicted octanol–water partition coefficient (Wildman–Crippen LogP) is 3.69. The lowest BCUT2D eigenvalue weighted by molar-refractivity contribution is 0.386. The number of phenolic OH excluding ortho intramolecular Hbond substituents is 2. The van der Waals surface area contributed by atoms with Crippen LogP contribution in [0.3, 0.4) is 0 Å². The molecule has 3 N–H and O–H groups in total. The maximum Gasteiger partial charge on any atom is 0.197 e. The molecule has 1 fully saturated rings. The van der Waals surface area contributed by atoms with Crippen molar-refractivity contribution in [1.29, 1.82) is 0 Å². The second-order valence-electron chi connectivity index (χ2n) is 6.38. The van der Waals surface area contributed by atoms with Gasteiger partial charge in [-0.2, -0.15) is 0 Å². The highest BCUT2D eigenvalue weighted by Gasteiger charge is 2.25. The number of phenols is 2. The van der Waals surface area contributed by atoms with Crippen LogP contribution in [-0.4, -0.2) is 16.8 Å². The van der Waals surface area contributed by atoms with Gasteiger partial charge in [0.05, 0.1) is 5.56 Å². The Morgan fingerprint density at radius 2 is 1.84 bits per heavy atom. The van der Waals surface area contributed by atoms with Gasteiger partial charge < -0.3 is 19.9 Å². The Bertz CT molecular complexity index is 972. The van der Waals surface area contributed by atoms with E-state index in [2.05, 4.69) is 5.32 Å². The van der Waals surface area contributed by atoms with Crippen molar-refractivity contribution in [3.8, 4) is 22.8 Å². The van der Waals surface area contributed by atoms with Crippen LogP contribution < -0.4 is 10.7 Å². The van der Waals surface area contributed by atoms with Crippen LogP contribution in [0.15, 0.2) is 51.7 Å². The molecule has 0 unspecified atom stereocenters. The quantitative estimate of drug-likeness (QED) is 0.664. The molecule has 128 valence electrons. The molecule has 5 nitrogen and oxygen atoms in total. The fourth-order valence-electron chi connectivity index (χ4n) is 3.50. The van der Waals surface area contributed by atoms with E-state index in [1.54, 1.807) is 0 Å². The largest absolute Gasteiger partial charge is 0.507 e. The van der Waals surface area contributed by atoms with E-state index in [0.29, 0.717) is 11.3 Å². The Hall–Kier alpha value is -2.79. The van der Waals surface area contributed by atoms with Crippen molar-refractivity contribution in [1.82, 2.24) is 5.32 Å². The number of nitrogens with one attached hydrogen (secondary N) is 1. The van der Waals surface area contributed by atoms with Crippen LogP contribution in [0.1, 0.15) is 30.9 Å². The summed E-state index contributed by atoms with van der Waals surface area (Å²) in [5.41, 5.74) is 1.24. The molecular weight excluding hydrogens is 318 g/mol. The molecule has 1 aromatic heterocycles. The summed E-state index contributed by atoms with van der Waals surface area (Å²) in [5, 5.41) is 24.1. The molecule has 0 radical (unpaired) electrons. The maximum atomic E-state index is 12.6. The molecule has 25 heavy (non-hydrogen) atoms. The Labute approximate surface area is 144 Å². The first-order chi connectivity index (χ1) is 12.1. The van der Waals surface area contributed by atoms with Gasteiger partial charge in [-0.25, -0.2) is 0 Å². The minimum absolute atomic E-state index is 0.0576. The van der Waals surface area contributed by atoms with Gasteiger partial charge >= 0.3 is 0 Å². The van der Waals surface area contributed by atoms with Gasteiger partial charge in [-0.1, -0.05) is 36.8 Å². The standard InChI is InChI=1S/C20H19NO4/c22-14-10-15(23)19-16(24)11-17(12-6-2-1-3-7-12)25-20(19)18(14)13-8-4-5-9-21-13/h1-3,6-7,10-11,13,21-23H,4-5,8-9H2/t13-/m0/s1. The average molecular weight is 337 g/mol. The van der Waals surface area contributed by atoms with Crippen molar-refractivity contribution in [2.75, 3.05) is 6.54 Å². The molecule has 0 spiro atoms. The molecule has 0 saturated carbocycles. The minimum atomic E-state index is -0.324. The van der Waals surface area contributed by atoms with E-state index >= 15 is 0 Å². The third kappa shape index (κ3) is 2.76. The Kier molecular flexibility index (Phi) is 3.93. The number of piperidine rings is 1. The van der Waals surface area contributed by atoms with Gasteiger partial charge in [0, 0.05) is 23.7 Å².